The van der Waals surface area contributed by atoms with Gasteiger partial charge in [0.2, 0.25) is 4.96 Å². The molecule has 114 valence electrons. The molecule has 0 saturated carbocycles. The Morgan fingerprint density at radius 2 is 1.70 bits per heavy atom. The molecule has 6 heteroatoms. The van der Waals surface area contributed by atoms with Crippen molar-refractivity contribution in [2.75, 3.05) is 0 Å². The molecule has 2 aromatic heterocycles. The second-order valence-electron chi connectivity index (χ2n) is 5.21. The lowest BCUT2D eigenvalue weighted by Crippen LogP contribution is -1.99. The molecule has 0 bridgehead atoms. The van der Waals surface area contributed by atoms with Gasteiger partial charge in [0.15, 0.2) is 5.82 Å². The van der Waals surface area contributed by atoms with Crippen LogP contribution >= 0.6 is 22.9 Å². The summed E-state index contributed by atoms with van der Waals surface area (Å²) in [5.74, 6) is 0.889. The zero-order chi connectivity index (χ0) is 15.6. The van der Waals surface area contributed by atoms with Crippen molar-refractivity contribution in [2.24, 2.45) is 0 Å². The minimum absolute atomic E-state index is 0.723. The fourth-order valence-electron chi connectivity index (χ4n) is 2.42. The summed E-state index contributed by atoms with van der Waals surface area (Å²) in [6.07, 6.45) is 1.74. The van der Waals surface area contributed by atoms with Gasteiger partial charge in [0.05, 0.1) is 0 Å². The van der Waals surface area contributed by atoms with Gasteiger partial charge in [-0.1, -0.05) is 65.4 Å². The van der Waals surface area contributed by atoms with E-state index < -0.39 is 0 Å². The van der Waals surface area contributed by atoms with E-state index in [9.17, 15) is 0 Å². The normalized spacial score (nSPS) is 11.2. The molecule has 2 heterocycles. The van der Waals surface area contributed by atoms with Gasteiger partial charge >= 0.3 is 0 Å². The third-order valence-corrected chi connectivity index (χ3v) is 4.83. The molecular formula is C17H13ClN4S. The molecule has 0 amide bonds. The Labute approximate surface area is 142 Å². The first-order chi connectivity index (χ1) is 11.3. The Kier molecular flexibility index (Phi) is 3.81. The molecule has 4 rings (SSSR count). The van der Waals surface area contributed by atoms with Crippen LogP contribution in [0.3, 0.4) is 0 Å². The molecule has 0 unspecified atom stereocenters. The fourth-order valence-corrected chi connectivity index (χ4v) is 3.41. The van der Waals surface area contributed by atoms with Crippen molar-refractivity contribution < 1.29 is 0 Å². The van der Waals surface area contributed by atoms with Gasteiger partial charge in [-0.2, -0.15) is 9.61 Å². The maximum atomic E-state index is 5.94. The summed E-state index contributed by atoms with van der Waals surface area (Å²) in [7, 11) is 0. The van der Waals surface area contributed by atoms with Gasteiger partial charge in [-0.3, -0.25) is 0 Å². The van der Waals surface area contributed by atoms with Crippen molar-refractivity contribution in [3.05, 3.63) is 71.0 Å². The van der Waals surface area contributed by atoms with Crippen molar-refractivity contribution >= 4 is 27.9 Å². The molecule has 2 aromatic carbocycles. The van der Waals surface area contributed by atoms with Gasteiger partial charge in [-0.05, 0) is 24.1 Å². The Morgan fingerprint density at radius 3 is 2.48 bits per heavy atom. The fraction of sp³-hybridized carbons (Fsp3) is 0.118. The van der Waals surface area contributed by atoms with Gasteiger partial charge < -0.3 is 0 Å². The van der Waals surface area contributed by atoms with Gasteiger partial charge in [0.1, 0.15) is 5.01 Å². The van der Waals surface area contributed by atoms with Crippen LogP contribution in [-0.2, 0) is 12.8 Å². The minimum Gasteiger partial charge on any atom is -0.187 e. The molecule has 0 saturated heterocycles. The molecule has 0 fully saturated rings. The summed E-state index contributed by atoms with van der Waals surface area (Å²) >= 11 is 7.47. The van der Waals surface area contributed by atoms with Crippen LogP contribution in [0.1, 0.15) is 11.4 Å². The standard InChI is InChI=1S/C17H13ClN4S/c18-14-9-7-13(8-10-14)16-21-22-15(19-20-17(22)23-16)11-6-12-4-2-1-3-5-12/h1-5,7-10H,6,11H2. The first kappa shape index (κ1) is 14.4. The van der Waals surface area contributed by atoms with Crippen LogP contribution in [0.4, 0.5) is 0 Å². The van der Waals surface area contributed by atoms with Gasteiger partial charge in [-0.25, -0.2) is 0 Å². The third-order valence-electron chi connectivity index (χ3n) is 3.63. The largest absolute Gasteiger partial charge is 0.234 e. The lowest BCUT2D eigenvalue weighted by Gasteiger charge is -1.99. The van der Waals surface area contributed by atoms with Crippen molar-refractivity contribution in [2.45, 2.75) is 12.8 Å². The third kappa shape index (κ3) is 2.98. The summed E-state index contributed by atoms with van der Waals surface area (Å²) < 4.78 is 1.84. The molecule has 23 heavy (non-hydrogen) atoms. The van der Waals surface area contributed by atoms with E-state index in [2.05, 4.69) is 39.6 Å². The van der Waals surface area contributed by atoms with Gasteiger partial charge in [0.25, 0.3) is 0 Å². The lowest BCUT2D eigenvalue weighted by atomic mass is 10.1. The number of nitrogens with zero attached hydrogens (tertiary/aromatic N) is 4. The number of halogens is 1. The monoisotopic (exact) mass is 340 g/mol. The molecule has 4 nitrogen and oxygen atoms in total. The number of hydrogen-bond donors (Lipinski definition) is 0. The van der Waals surface area contributed by atoms with E-state index in [-0.39, 0.29) is 0 Å². The summed E-state index contributed by atoms with van der Waals surface area (Å²) in [4.78, 5) is 0.818. The number of fused-ring (bicyclic) bond motifs is 1. The van der Waals surface area contributed by atoms with E-state index in [1.807, 2.05) is 34.8 Å². The topological polar surface area (TPSA) is 43.1 Å². The summed E-state index contributed by atoms with van der Waals surface area (Å²) in [5, 5.41) is 14.8. The second kappa shape index (κ2) is 6.10. The zero-order valence-corrected chi connectivity index (χ0v) is 13.8. The predicted molar refractivity (Wildman–Crippen MR) is 93.0 cm³/mol. The highest BCUT2D eigenvalue weighted by Crippen LogP contribution is 2.26. The van der Waals surface area contributed by atoms with Crippen LogP contribution in [-0.4, -0.2) is 19.8 Å². The zero-order valence-electron chi connectivity index (χ0n) is 12.2. The second-order valence-corrected chi connectivity index (χ2v) is 6.60. The smallest absolute Gasteiger partial charge is 0.187 e. The summed E-state index contributed by atoms with van der Waals surface area (Å²) in [6.45, 7) is 0. The number of hydrogen-bond acceptors (Lipinski definition) is 4. The molecule has 0 N–H and O–H groups in total. The van der Waals surface area contributed by atoms with Gasteiger partial charge in [0, 0.05) is 17.0 Å². The average Bonchev–Trinajstić information content (AvgIpc) is 3.15. The van der Waals surface area contributed by atoms with E-state index in [4.69, 9.17) is 11.6 Å². The van der Waals surface area contributed by atoms with Crippen molar-refractivity contribution in [1.82, 2.24) is 19.8 Å². The highest BCUT2D eigenvalue weighted by atomic mass is 35.5. The first-order valence-corrected chi connectivity index (χ1v) is 8.50. The summed E-state index contributed by atoms with van der Waals surface area (Å²) in [5.41, 5.74) is 2.33. The maximum Gasteiger partial charge on any atom is 0.234 e. The van der Waals surface area contributed by atoms with Crippen LogP contribution in [0.25, 0.3) is 15.5 Å². The van der Waals surface area contributed by atoms with Crippen LogP contribution in [0.15, 0.2) is 54.6 Å². The molecule has 0 aliphatic carbocycles. The lowest BCUT2D eigenvalue weighted by molar-refractivity contribution is 0.793. The molecule has 4 aromatic rings. The molecule has 0 radical (unpaired) electrons. The van der Waals surface area contributed by atoms with Crippen LogP contribution in [0.5, 0.6) is 0 Å². The molecular weight excluding hydrogens is 328 g/mol. The average molecular weight is 341 g/mol. The quantitative estimate of drug-likeness (QED) is 0.556. The minimum atomic E-state index is 0.723. The predicted octanol–water partition coefficient (Wildman–Crippen LogP) is 4.29. The van der Waals surface area contributed by atoms with Crippen molar-refractivity contribution in [1.29, 1.82) is 0 Å². The number of benzene rings is 2. The Morgan fingerprint density at radius 1 is 0.913 bits per heavy atom. The van der Waals surface area contributed by atoms with Gasteiger partial charge in [-0.15, -0.1) is 10.2 Å². The number of aryl methyl sites for hydroxylation is 2. The van der Waals surface area contributed by atoms with E-state index in [1.165, 1.54) is 16.9 Å². The highest BCUT2D eigenvalue weighted by molar-refractivity contribution is 7.19. The highest BCUT2D eigenvalue weighted by Gasteiger charge is 2.12. The van der Waals surface area contributed by atoms with Crippen LogP contribution < -0.4 is 0 Å². The molecule has 0 atom stereocenters. The summed E-state index contributed by atoms with van der Waals surface area (Å²) in [6, 6.07) is 18.1. The molecule has 0 aliphatic heterocycles. The Bertz CT molecular complexity index is 928. The first-order valence-electron chi connectivity index (χ1n) is 7.30. The van der Waals surface area contributed by atoms with Crippen LogP contribution in [0.2, 0.25) is 5.02 Å². The maximum absolute atomic E-state index is 5.94. The Hall–Kier alpha value is -2.24. The molecule has 0 spiro atoms. The van der Waals surface area contributed by atoms with E-state index >= 15 is 0 Å². The van der Waals surface area contributed by atoms with Crippen molar-refractivity contribution in [3.8, 4) is 10.6 Å². The van der Waals surface area contributed by atoms with Crippen LogP contribution in [0, 0.1) is 0 Å². The number of aromatic nitrogens is 4. The van der Waals surface area contributed by atoms with E-state index in [1.54, 1.807) is 0 Å². The van der Waals surface area contributed by atoms with E-state index in [0.29, 0.717) is 0 Å². The number of rotatable bonds is 4. The van der Waals surface area contributed by atoms with E-state index in [0.717, 1.165) is 39.2 Å². The SMILES string of the molecule is Clc1ccc(-c2nn3c(CCc4ccccc4)nnc3s2)cc1. The van der Waals surface area contributed by atoms with Crippen molar-refractivity contribution in [3.63, 3.8) is 0 Å². The Balaban J connectivity index is 1.60. The molecule has 0 aliphatic rings.